The van der Waals surface area contributed by atoms with Crippen LogP contribution in [0.2, 0.25) is 0 Å². The van der Waals surface area contributed by atoms with Crippen LogP contribution in [0.25, 0.3) is 11.2 Å². The van der Waals surface area contributed by atoms with E-state index in [1.54, 1.807) is 0 Å². The first-order valence-electron chi connectivity index (χ1n) is 9.54. The molecule has 8 atom stereocenters. The Morgan fingerprint density at radius 2 is 1.91 bits per heavy atom. The highest BCUT2D eigenvalue weighted by Crippen LogP contribution is 2.39. The number of nitrogens with two attached hydrogens (primary N) is 1. The molecule has 0 saturated carbocycles. The van der Waals surface area contributed by atoms with Crippen LogP contribution in [-0.2, 0) is 23.3 Å². The summed E-state index contributed by atoms with van der Waals surface area (Å²) < 4.78 is 33.0. The van der Waals surface area contributed by atoms with E-state index in [4.69, 9.17) is 29.7 Å². The molecule has 9 N–H and O–H groups in total. The van der Waals surface area contributed by atoms with Crippen LogP contribution in [0.1, 0.15) is 6.23 Å². The Kier molecular flexibility index (Phi) is 6.56. The summed E-state index contributed by atoms with van der Waals surface area (Å²) in [6, 6.07) is 0. The van der Waals surface area contributed by atoms with E-state index in [1.807, 2.05) is 0 Å². The van der Waals surface area contributed by atoms with Crippen LogP contribution in [-0.4, -0.2) is 106 Å². The van der Waals surface area contributed by atoms with Gasteiger partial charge < -0.3 is 50.2 Å². The van der Waals surface area contributed by atoms with Crippen LogP contribution in [0.4, 0.5) is 5.95 Å². The van der Waals surface area contributed by atoms with E-state index < -0.39 is 75.7 Å². The number of aliphatic hydroxyl groups excluding tert-OH is 4. The Labute approximate surface area is 183 Å². The summed E-state index contributed by atoms with van der Waals surface area (Å²) in [6.45, 7) is -1.37. The molecule has 4 rings (SSSR count). The highest BCUT2D eigenvalue weighted by Gasteiger charge is 2.51. The molecule has 18 heteroatoms. The Balaban J connectivity index is 1.59. The topological polar surface area (TPSA) is 265 Å². The van der Waals surface area contributed by atoms with Gasteiger partial charge in [0.25, 0.3) is 5.56 Å². The quantitative estimate of drug-likeness (QED) is 0.170. The van der Waals surface area contributed by atoms with Crippen LogP contribution in [0.3, 0.4) is 0 Å². The van der Waals surface area contributed by atoms with Crippen LogP contribution in [0.5, 0.6) is 0 Å². The van der Waals surface area contributed by atoms with Gasteiger partial charge in [-0.05, 0) is 0 Å². The van der Waals surface area contributed by atoms with Crippen molar-refractivity contribution in [3.05, 3.63) is 16.7 Å². The molecular weight excluding hydrogens is 473 g/mol. The minimum Gasteiger partial charge on any atom is -0.394 e. The molecule has 1 unspecified atom stereocenters. The number of fused-ring (bicyclic) bond motifs is 1. The molecule has 2 aromatic rings. The number of rotatable bonds is 7. The zero-order valence-corrected chi connectivity index (χ0v) is 17.5. The van der Waals surface area contributed by atoms with E-state index in [1.165, 1.54) is 10.9 Å². The zero-order valence-electron chi connectivity index (χ0n) is 16.6. The summed E-state index contributed by atoms with van der Waals surface area (Å²) in [5.74, 6) is -0.213. The lowest BCUT2D eigenvalue weighted by molar-refractivity contribution is -0.219. The standard InChI is InChI=1S/C15H22N5O12P/c16-15-18-11-6(12(25)19-15)17-3-20(11)13-10(8(23)4(1-21)30-13)32-14-9(24)7(22)5(31-14)2-29-33(26,27)28/h3-5,7-10,13-14,21-24H,1-2H2,(H2,26,27,28)(H3,16,18,19,25)/t4-,5-,7-,8-,9-,10-,13-,14?/m1/s1. The van der Waals surface area contributed by atoms with E-state index in [9.17, 15) is 29.8 Å². The number of ether oxygens (including phenoxy) is 3. The predicted molar refractivity (Wildman–Crippen MR) is 103 cm³/mol. The Hall–Kier alpha value is -2.02. The van der Waals surface area contributed by atoms with Crippen molar-refractivity contribution in [2.45, 2.75) is 49.1 Å². The van der Waals surface area contributed by atoms with Crippen LogP contribution in [0, 0.1) is 0 Å². The monoisotopic (exact) mass is 495 g/mol. The molecule has 0 aromatic carbocycles. The second kappa shape index (κ2) is 8.97. The number of nitrogens with one attached hydrogen (secondary N) is 1. The van der Waals surface area contributed by atoms with Gasteiger partial charge in [0.2, 0.25) is 5.95 Å². The van der Waals surface area contributed by atoms with Crippen LogP contribution < -0.4 is 11.3 Å². The van der Waals surface area contributed by atoms with Gasteiger partial charge in [-0.15, -0.1) is 0 Å². The van der Waals surface area contributed by atoms with Gasteiger partial charge in [0.15, 0.2) is 23.7 Å². The molecule has 0 spiro atoms. The second-order valence-electron chi connectivity index (χ2n) is 7.42. The number of imidazole rings is 1. The molecule has 2 fully saturated rings. The summed E-state index contributed by atoms with van der Waals surface area (Å²) in [7, 11) is -4.87. The predicted octanol–water partition coefficient (Wildman–Crippen LogP) is -4.11. The number of aromatic amines is 1. The molecule has 17 nitrogen and oxygen atoms in total. The molecule has 0 amide bonds. The third-order valence-corrected chi connectivity index (χ3v) is 5.72. The molecule has 33 heavy (non-hydrogen) atoms. The van der Waals surface area contributed by atoms with Crippen molar-refractivity contribution in [2.24, 2.45) is 0 Å². The summed E-state index contributed by atoms with van der Waals surface area (Å²) >= 11 is 0. The molecule has 0 aliphatic carbocycles. The average molecular weight is 495 g/mol. The van der Waals surface area contributed by atoms with E-state index in [2.05, 4.69) is 19.5 Å². The third-order valence-electron chi connectivity index (χ3n) is 5.23. The van der Waals surface area contributed by atoms with E-state index >= 15 is 0 Å². The minimum atomic E-state index is -4.87. The van der Waals surface area contributed by atoms with E-state index in [-0.39, 0.29) is 17.1 Å². The minimum absolute atomic E-state index is 0.0125. The molecule has 0 bridgehead atoms. The van der Waals surface area contributed by atoms with Gasteiger partial charge in [0.05, 0.1) is 19.5 Å². The first-order chi connectivity index (χ1) is 15.5. The Morgan fingerprint density at radius 1 is 1.18 bits per heavy atom. The smallest absolute Gasteiger partial charge is 0.394 e. The summed E-state index contributed by atoms with van der Waals surface area (Å²) in [6.07, 6.45) is -10.3. The molecular formula is C15H22N5O12P. The number of aliphatic hydroxyl groups is 4. The lowest BCUT2D eigenvalue weighted by Crippen LogP contribution is -2.42. The van der Waals surface area contributed by atoms with Gasteiger partial charge in [-0.1, -0.05) is 0 Å². The van der Waals surface area contributed by atoms with Crippen molar-refractivity contribution in [3.8, 4) is 0 Å². The summed E-state index contributed by atoms with van der Waals surface area (Å²) in [5.41, 5.74) is 4.86. The lowest BCUT2D eigenvalue weighted by Gasteiger charge is -2.26. The van der Waals surface area contributed by atoms with Gasteiger partial charge in [-0.25, -0.2) is 9.55 Å². The van der Waals surface area contributed by atoms with Crippen molar-refractivity contribution in [2.75, 3.05) is 18.9 Å². The molecule has 2 aromatic heterocycles. The van der Waals surface area contributed by atoms with Crippen molar-refractivity contribution in [3.63, 3.8) is 0 Å². The van der Waals surface area contributed by atoms with E-state index in [0.717, 1.165) is 0 Å². The average Bonchev–Trinajstić information content (AvgIpc) is 3.37. The largest absolute Gasteiger partial charge is 0.469 e. The highest BCUT2D eigenvalue weighted by molar-refractivity contribution is 7.46. The van der Waals surface area contributed by atoms with Crippen LogP contribution in [0.15, 0.2) is 11.1 Å². The number of hydrogen-bond donors (Lipinski definition) is 8. The third kappa shape index (κ3) is 4.66. The number of H-pyrrole nitrogens is 1. The van der Waals surface area contributed by atoms with Crippen molar-refractivity contribution in [1.82, 2.24) is 19.5 Å². The normalized spacial score (nSPS) is 35.0. The maximum atomic E-state index is 12.1. The summed E-state index contributed by atoms with van der Waals surface area (Å²) in [5, 5.41) is 40.5. The second-order valence-corrected chi connectivity index (χ2v) is 8.66. The number of hydrogen-bond acceptors (Lipinski definition) is 13. The molecule has 4 heterocycles. The van der Waals surface area contributed by atoms with Crippen molar-refractivity contribution >= 4 is 24.9 Å². The number of nitrogens with zero attached hydrogens (tertiary/aromatic N) is 3. The molecule has 2 aliphatic rings. The number of aromatic nitrogens is 4. The number of phosphoric acid groups is 1. The molecule has 2 aliphatic heterocycles. The molecule has 0 radical (unpaired) electrons. The Morgan fingerprint density at radius 3 is 2.58 bits per heavy atom. The van der Waals surface area contributed by atoms with Crippen molar-refractivity contribution < 1.29 is 53.5 Å². The van der Waals surface area contributed by atoms with Gasteiger partial charge in [-0.2, -0.15) is 4.98 Å². The van der Waals surface area contributed by atoms with Crippen molar-refractivity contribution in [1.29, 1.82) is 0 Å². The number of nitrogen functional groups attached to an aromatic ring is 1. The number of anilines is 1. The first kappa shape index (κ1) is 24.1. The molecule has 2 saturated heterocycles. The van der Waals surface area contributed by atoms with Crippen LogP contribution >= 0.6 is 7.82 Å². The van der Waals surface area contributed by atoms with Gasteiger partial charge in [0.1, 0.15) is 36.6 Å². The Bertz CT molecular complexity index is 1100. The fourth-order valence-corrected chi connectivity index (χ4v) is 4.00. The zero-order chi connectivity index (χ0) is 24.1. The fourth-order valence-electron chi connectivity index (χ4n) is 3.66. The number of phosphoric ester groups is 1. The summed E-state index contributed by atoms with van der Waals surface area (Å²) in [4.78, 5) is 39.9. The first-order valence-corrected chi connectivity index (χ1v) is 11.1. The maximum Gasteiger partial charge on any atom is 0.469 e. The molecule has 184 valence electrons. The van der Waals surface area contributed by atoms with Gasteiger partial charge in [0, 0.05) is 0 Å². The lowest BCUT2D eigenvalue weighted by atomic mass is 10.1. The van der Waals surface area contributed by atoms with Gasteiger partial charge in [-0.3, -0.25) is 18.9 Å². The fraction of sp³-hybridized carbons (Fsp3) is 0.667. The maximum absolute atomic E-state index is 12.1. The van der Waals surface area contributed by atoms with E-state index in [0.29, 0.717) is 0 Å². The van der Waals surface area contributed by atoms with Gasteiger partial charge >= 0.3 is 7.82 Å². The SMILES string of the molecule is Nc1nc2c(ncn2[C@@H]2O[C@H](CO)[C@@H](O)[C@H]2OC2O[C@H](COP(=O)(O)O)[C@@H](O)[C@H]2O)c(=O)[nH]1. The highest BCUT2D eigenvalue weighted by atomic mass is 31.2.